The molecule has 2 N–H and O–H groups in total. The van der Waals surface area contributed by atoms with E-state index in [1.54, 1.807) is 12.3 Å². The van der Waals surface area contributed by atoms with Crippen molar-refractivity contribution < 1.29 is 18.0 Å². The summed E-state index contributed by atoms with van der Waals surface area (Å²) in [6, 6.07) is 11.0. The minimum absolute atomic E-state index is 0.216. The molecule has 0 bridgehead atoms. The van der Waals surface area contributed by atoms with Crippen LogP contribution in [-0.2, 0) is 19.0 Å². The van der Waals surface area contributed by atoms with E-state index in [0.29, 0.717) is 23.3 Å². The minimum atomic E-state index is -4.37. The molecule has 0 saturated carbocycles. The number of rotatable bonds is 6. The highest BCUT2D eigenvalue weighted by atomic mass is 32.1. The Balaban J connectivity index is 1.41. The number of pyridine rings is 1. The van der Waals surface area contributed by atoms with Crippen molar-refractivity contribution in [2.45, 2.75) is 19.0 Å². The van der Waals surface area contributed by atoms with Gasteiger partial charge >= 0.3 is 6.18 Å². The number of amides is 1. The quantitative estimate of drug-likeness (QED) is 0.442. The fraction of sp³-hybridized carbons (Fsp3) is 0.182. The maximum Gasteiger partial charge on any atom is 0.416 e. The molecule has 1 amide bonds. The standard InChI is InChI=1S/C22H18F3N3OS/c23-22(24,25)17-3-1-2-14(12-17)4-8-28-21(29)19-16(7-11-30-19)13-15-5-9-26-20-18(15)6-10-27-20/h1-3,5-7,9-12H,4,8,13H2,(H,26,27)(H,28,29). The highest BCUT2D eigenvalue weighted by Crippen LogP contribution is 2.29. The molecule has 154 valence electrons. The van der Waals surface area contributed by atoms with Gasteiger partial charge in [-0.2, -0.15) is 13.2 Å². The summed E-state index contributed by atoms with van der Waals surface area (Å²) in [5.41, 5.74) is 2.63. The van der Waals surface area contributed by atoms with E-state index in [1.165, 1.54) is 17.4 Å². The molecule has 0 unspecified atom stereocenters. The molecule has 4 nitrogen and oxygen atoms in total. The van der Waals surface area contributed by atoms with Crippen LogP contribution in [0.15, 0.2) is 60.2 Å². The Bertz CT molecular complexity index is 1180. The predicted molar refractivity (Wildman–Crippen MR) is 111 cm³/mol. The van der Waals surface area contributed by atoms with Crippen molar-refractivity contribution in [1.82, 2.24) is 15.3 Å². The zero-order chi connectivity index (χ0) is 21.1. The van der Waals surface area contributed by atoms with Gasteiger partial charge in [0.1, 0.15) is 5.65 Å². The van der Waals surface area contributed by atoms with E-state index in [1.807, 2.05) is 29.8 Å². The van der Waals surface area contributed by atoms with Crippen molar-refractivity contribution in [2.24, 2.45) is 0 Å². The summed E-state index contributed by atoms with van der Waals surface area (Å²) >= 11 is 1.35. The van der Waals surface area contributed by atoms with E-state index < -0.39 is 11.7 Å². The fourth-order valence-corrected chi connectivity index (χ4v) is 4.19. The molecule has 0 fully saturated rings. The smallest absolute Gasteiger partial charge is 0.351 e. The van der Waals surface area contributed by atoms with Crippen molar-refractivity contribution in [1.29, 1.82) is 0 Å². The van der Waals surface area contributed by atoms with Crippen LogP contribution in [0.25, 0.3) is 11.0 Å². The van der Waals surface area contributed by atoms with Gasteiger partial charge in [-0.1, -0.05) is 18.2 Å². The van der Waals surface area contributed by atoms with E-state index in [-0.39, 0.29) is 12.5 Å². The van der Waals surface area contributed by atoms with Gasteiger partial charge in [-0.15, -0.1) is 11.3 Å². The number of nitrogens with zero attached hydrogens (tertiary/aromatic N) is 1. The maximum atomic E-state index is 12.8. The molecule has 0 aliphatic heterocycles. The number of fused-ring (bicyclic) bond motifs is 1. The average Bonchev–Trinajstić information content (AvgIpc) is 3.37. The second kappa shape index (κ2) is 8.31. The SMILES string of the molecule is O=C(NCCc1cccc(C(F)(F)F)c1)c1sccc1Cc1ccnc2[nH]ccc12. The lowest BCUT2D eigenvalue weighted by Gasteiger charge is -2.10. The topological polar surface area (TPSA) is 57.8 Å². The summed E-state index contributed by atoms with van der Waals surface area (Å²) < 4.78 is 38.5. The molecule has 0 aliphatic carbocycles. The first-order valence-corrected chi connectivity index (χ1v) is 10.2. The number of benzene rings is 1. The van der Waals surface area contributed by atoms with Gasteiger partial charge in [0.15, 0.2) is 0 Å². The number of thiophene rings is 1. The summed E-state index contributed by atoms with van der Waals surface area (Å²) in [6.07, 6.45) is 0.107. The number of halogens is 3. The van der Waals surface area contributed by atoms with E-state index in [4.69, 9.17) is 0 Å². The predicted octanol–water partition coefficient (Wildman–Crippen LogP) is 5.21. The van der Waals surface area contributed by atoms with E-state index in [0.717, 1.165) is 34.3 Å². The monoisotopic (exact) mass is 429 g/mol. The van der Waals surface area contributed by atoms with Gasteiger partial charge in [0.05, 0.1) is 10.4 Å². The number of carbonyl (C=O) groups excluding carboxylic acids is 1. The Morgan fingerprint density at radius 2 is 2.00 bits per heavy atom. The van der Waals surface area contributed by atoms with Crippen LogP contribution in [0.1, 0.15) is 31.9 Å². The van der Waals surface area contributed by atoms with Crippen LogP contribution in [-0.4, -0.2) is 22.4 Å². The Morgan fingerprint density at radius 3 is 2.83 bits per heavy atom. The number of aromatic nitrogens is 2. The largest absolute Gasteiger partial charge is 0.416 e. The summed E-state index contributed by atoms with van der Waals surface area (Å²) in [6.45, 7) is 0.259. The van der Waals surface area contributed by atoms with Crippen LogP contribution in [0, 0.1) is 0 Å². The van der Waals surface area contributed by atoms with Gasteiger partial charge < -0.3 is 10.3 Å². The third-order valence-electron chi connectivity index (χ3n) is 4.84. The fourth-order valence-electron chi connectivity index (χ4n) is 3.36. The number of aromatic amines is 1. The van der Waals surface area contributed by atoms with Crippen molar-refractivity contribution in [3.05, 3.63) is 87.4 Å². The Labute approximate surface area is 174 Å². The number of H-pyrrole nitrogens is 1. The van der Waals surface area contributed by atoms with Crippen LogP contribution in [0.2, 0.25) is 0 Å². The van der Waals surface area contributed by atoms with Gasteiger partial charge in [0.25, 0.3) is 5.91 Å². The van der Waals surface area contributed by atoms with Crippen LogP contribution in [0.4, 0.5) is 13.2 Å². The maximum absolute atomic E-state index is 12.8. The van der Waals surface area contributed by atoms with Gasteiger partial charge in [0, 0.05) is 24.3 Å². The summed E-state index contributed by atoms with van der Waals surface area (Å²) in [5, 5.41) is 5.70. The molecular weight excluding hydrogens is 411 g/mol. The van der Waals surface area contributed by atoms with Crippen molar-refractivity contribution in [2.75, 3.05) is 6.54 Å². The van der Waals surface area contributed by atoms with Gasteiger partial charge in [0.2, 0.25) is 0 Å². The lowest BCUT2D eigenvalue weighted by molar-refractivity contribution is -0.137. The van der Waals surface area contributed by atoms with Crippen LogP contribution < -0.4 is 5.32 Å². The first-order valence-electron chi connectivity index (χ1n) is 9.33. The van der Waals surface area contributed by atoms with Crippen molar-refractivity contribution in [3.63, 3.8) is 0 Å². The van der Waals surface area contributed by atoms with E-state index in [2.05, 4.69) is 15.3 Å². The normalized spacial score (nSPS) is 11.7. The summed E-state index contributed by atoms with van der Waals surface area (Å²) in [5.74, 6) is -0.216. The average molecular weight is 429 g/mol. The molecule has 3 aromatic heterocycles. The first-order chi connectivity index (χ1) is 14.4. The lowest BCUT2D eigenvalue weighted by atomic mass is 10.0. The van der Waals surface area contributed by atoms with Crippen LogP contribution in [0.3, 0.4) is 0 Å². The third-order valence-corrected chi connectivity index (χ3v) is 5.79. The molecular formula is C22H18F3N3OS. The highest BCUT2D eigenvalue weighted by Gasteiger charge is 2.30. The van der Waals surface area contributed by atoms with Crippen LogP contribution >= 0.6 is 11.3 Å². The molecule has 30 heavy (non-hydrogen) atoms. The van der Waals surface area contributed by atoms with Crippen LogP contribution in [0.5, 0.6) is 0 Å². The number of nitrogens with one attached hydrogen (secondary N) is 2. The lowest BCUT2D eigenvalue weighted by Crippen LogP contribution is -2.25. The second-order valence-corrected chi connectivity index (χ2v) is 7.78. The molecule has 4 aromatic rings. The van der Waals surface area contributed by atoms with E-state index >= 15 is 0 Å². The van der Waals surface area contributed by atoms with E-state index in [9.17, 15) is 18.0 Å². The summed E-state index contributed by atoms with van der Waals surface area (Å²) in [4.78, 5) is 20.6. The Morgan fingerprint density at radius 1 is 1.13 bits per heavy atom. The molecule has 3 heterocycles. The van der Waals surface area contributed by atoms with Gasteiger partial charge in [-0.3, -0.25) is 4.79 Å². The molecule has 0 aliphatic rings. The van der Waals surface area contributed by atoms with Crippen molar-refractivity contribution >= 4 is 28.3 Å². The zero-order valence-electron chi connectivity index (χ0n) is 15.8. The number of hydrogen-bond acceptors (Lipinski definition) is 3. The zero-order valence-corrected chi connectivity index (χ0v) is 16.6. The van der Waals surface area contributed by atoms with Gasteiger partial charge in [-0.25, -0.2) is 4.98 Å². The summed E-state index contributed by atoms with van der Waals surface area (Å²) in [7, 11) is 0. The molecule has 8 heteroatoms. The number of hydrogen-bond donors (Lipinski definition) is 2. The molecule has 0 atom stereocenters. The number of carbonyl (C=O) groups is 1. The van der Waals surface area contributed by atoms with Gasteiger partial charge in [-0.05, 0) is 59.2 Å². The van der Waals surface area contributed by atoms with Crippen molar-refractivity contribution in [3.8, 4) is 0 Å². The highest BCUT2D eigenvalue weighted by molar-refractivity contribution is 7.12. The molecule has 4 rings (SSSR count). The molecule has 0 saturated heterocycles. The molecule has 0 spiro atoms. The Kier molecular flexibility index (Phi) is 5.59. The molecule has 1 aromatic carbocycles. The Hall–Kier alpha value is -3.13. The number of alkyl halides is 3. The first kappa shape index (κ1) is 20.2. The third kappa shape index (κ3) is 4.38. The minimum Gasteiger partial charge on any atom is -0.351 e. The molecule has 0 radical (unpaired) electrons. The second-order valence-electron chi connectivity index (χ2n) is 6.87.